The van der Waals surface area contributed by atoms with E-state index in [-0.39, 0.29) is 17.1 Å². The highest BCUT2D eigenvalue weighted by Gasteiger charge is 2.41. The van der Waals surface area contributed by atoms with Crippen LogP contribution in [-0.2, 0) is 4.74 Å². The fourth-order valence-corrected chi connectivity index (χ4v) is 3.88. The molecule has 21 heavy (non-hydrogen) atoms. The standard InChI is InChI=1S/C17H22F2O2/c18-14-6-4-5-13(15(14)19)16(20)12-7-10-21-17(11-12)8-2-1-3-9-17/h4-6,12,16,20H,1-3,7-11H2. The number of ether oxygens (including phenoxy) is 1. The third kappa shape index (κ3) is 2.97. The number of aliphatic hydroxyl groups excluding tert-OH is 1. The Bertz CT molecular complexity index is 492. The van der Waals surface area contributed by atoms with E-state index in [0.717, 1.165) is 38.2 Å². The minimum atomic E-state index is -0.955. The summed E-state index contributed by atoms with van der Waals surface area (Å²) in [6.45, 7) is 0.596. The molecule has 1 aliphatic heterocycles. The van der Waals surface area contributed by atoms with E-state index in [4.69, 9.17) is 4.74 Å². The number of rotatable bonds is 2. The van der Waals surface area contributed by atoms with Crippen LogP contribution in [0.3, 0.4) is 0 Å². The second-order valence-corrected chi connectivity index (χ2v) is 6.43. The van der Waals surface area contributed by atoms with Crippen LogP contribution in [0.25, 0.3) is 0 Å². The summed E-state index contributed by atoms with van der Waals surface area (Å²) in [7, 11) is 0. The van der Waals surface area contributed by atoms with Crippen molar-refractivity contribution in [2.45, 2.75) is 56.7 Å². The van der Waals surface area contributed by atoms with Gasteiger partial charge in [0.2, 0.25) is 0 Å². The van der Waals surface area contributed by atoms with E-state index < -0.39 is 17.7 Å². The molecule has 0 bridgehead atoms. The minimum Gasteiger partial charge on any atom is -0.388 e. The van der Waals surface area contributed by atoms with Crippen molar-refractivity contribution in [1.82, 2.24) is 0 Å². The zero-order chi connectivity index (χ0) is 14.9. The lowest BCUT2D eigenvalue weighted by molar-refractivity contribution is -0.134. The molecule has 0 radical (unpaired) electrons. The van der Waals surface area contributed by atoms with Crippen LogP contribution >= 0.6 is 0 Å². The summed E-state index contributed by atoms with van der Waals surface area (Å²) in [5, 5.41) is 10.5. The van der Waals surface area contributed by atoms with Crippen molar-refractivity contribution in [3.05, 3.63) is 35.4 Å². The molecule has 1 saturated carbocycles. The zero-order valence-corrected chi connectivity index (χ0v) is 12.2. The molecule has 2 aliphatic rings. The maximum atomic E-state index is 13.9. The summed E-state index contributed by atoms with van der Waals surface area (Å²) < 4.78 is 33.2. The average molecular weight is 296 g/mol. The summed E-state index contributed by atoms with van der Waals surface area (Å²) >= 11 is 0. The van der Waals surface area contributed by atoms with Crippen molar-refractivity contribution in [2.75, 3.05) is 6.61 Å². The van der Waals surface area contributed by atoms with Crippen molar-refractivity contribution < 1.29 is 18.6 Å². The Kier molecular flexibility index (Phi) is 4.27. The second kappa shape index (κ2) is 6.01. The van der Waals surface area contributed by atoms with E-state index in [1.807, 2.05) is 0 Å². The SMILES string of the molecule is OC(c1cccc(F)c1F)C1CCOC2(CCCCC2)C1. The Morgan fingerprint density at radius 2 is 1.95 bits per heavy atom. The lowest BCUT2D eigenvalue weighted by atomic mass is 9.74. The summed E-state index contributed by atoms with van der Waals surface area (Å²) in [4.78, 5) is 0. The van der Waals surface area contributed by atoms with Gasteiger partial charge in [-0.05, 0) is 37.7 Å². The smallest absolute Gasteiger partial charge is 0.164 e. The molecule has 3 rings (SSSR count). The molecule has 0 amide bonds. The van der Waals surface area contributed by atoms with Gasteiger partial charge >= 0.3 is 0 Å². The molecule has 116 valence electrons. The van der Waals surface area contributed by atoms with Gasteiger partial charge in [0, 0.05) is 12.2 Å². The Morgan fingerprint density at radius 1 is 1.19 bits per heavy atom. The van der Waals surface area contributed by atoms with Crippen LogP contribution in [0, 0.1) is 17.6 Å². The molecule has 4 heteroatoms. The quantitative estimate of drug-likeness (QED) is 0.889. The van der Waals surface area contributed by atoms with E-state index in [9.17, 15) is 13.9 Å². The number of hydrogen-bond donors (Lipinski definition) is 1. The van der Waals surface area contributed by atoms with E-state index in [0.29, 0.717) is 13.0 Å². The van der Waals surface area contributed by atoms with Gasteiger partial charge in [-0.1, -0.05) is 31.4 Å². The molecular formula is C17H22F2O2. The first kappa shape index (κ1) is 14.9. The first-order chi connectivity index (χ1) is 10.1. The van der Waals surface area contributed by atoms with E-state index >= 15 is 0 Å². The van der Waals surface area contributed by atoms with Crippen molar-refractivity contribution in [3.8, 4) is 0 Å². The van der Waals surface area contributed by atoms with E-state index in [2.05, 4.69) is 0 Å². The highest BCUT2D eigenvalue weighted by molar-refractivity contribution is 5.22. The molecule has 2 unspecified atom stereocenters. The number of hydrogen-bond acceptors (Lipinski definition) is 2. The minimum absolute atomic E-state index is 0.0619. The van der Waals surface area contributed by atoms with Gasteiger partial charge in [0.15, 0.2) is 11.6 Å². The van der Waals surface area contributed by atoms with Crippen molar-refractivity contribution >= 4 is 0 Å². The van der Waals surface area contributed by atoms with Gasteiger partial charge in [-0.25, -0.2) is 8.78 Å². The van der Waals surface area contributed by atoms with Crippen LogP contribution < -0.4 is 0 Å². The normalized spacial score (nSPS) is 26.7. The first-order valence-corrected chi connectivity index (χ1v) is 7.87. The van der Waals surface area contributed by atoms with Crippen LogP contribution in [0.4, 0.5) is 8.78 Å². The van der Waals surface area contributed by atoms with Crippen molar-refractivity contribution in [2.24, 2.45) is 5.92 Å². The lowest BCUT2D eigenvalue weighted by Gasteiger charge is -2.44. The molecule has 2 fully saturated rings. The Balaban J connectivity index is 1.78. The molecule has 0 aromatic heterocycles. The fraction of sp³-hybridized carbons (Fsp3) is 0.647. The topological polar surface area (TPSA) is 29.5 Å². The highest BCUT2D eigenvalue weighted by Crippen LogP contribution is 2.44. The maximum Gasteiger partial charge on any atom is 0.164 e. The van der Waals surface area contributed by atoms with Gasteiger partial charge < -0.3 is 9.84 Å². The van der Waals surface area contributed by atoms with Gasteiger partial charge in [0.05, 0.1) is 11.7 Å². The first-order valence-electron chi connectivity index (χ1n) is 7.87. The van der Waals surface area contributed by atoms with Crippen molar-refractivity contribution in [1.29, 1.82) is 0 Å². The molecule has 1 aromatic rings. The molecule has 1 spiro atoms. The third-order valence-corrected chi connectivity index (χ3v) is 5.04. The molecular weight excluding hydrogens is 274 g/mol. The zero-order valence-electron chi connectivity index (χ0n) is 12.2. The predicted octanol–water partition coefficient (Wildman–Crippen LogP) is 4.13. The highest BCUT2D eigenvalue weighted by atomic mass is 19.2. The van der Waals surface area contributed by atoms with Gasteiger partial charge in [-0.2, -0.15) is 0 Å². The monoisotopic (exact) mass is 296 g/mol. The molecule has 1 aromatic carbocycles. The summed E-state index contributed by atoms with van der Waals surface area (Å²) in [5.41, 5.74) is -0.0702. The predicted molar refractivity (Wildman–Crippen MR) is 75.8 cm³/mol. The van der Waals surface area contributed by atoms with Crippen LogP contribution in [-0.4, -0.2) is 17.3 Å². The Labute approximate surface area is 124 Å². The van der Waals surface area contributed by atoms with Gasteiger partial charge in [0.25, 0.3) is 0 Å². The maximum absolute atomic E-state index is 13.9. The molecule has 2 nitrogen and oxygen atoms in total. The molecule has 2 atom stereocenters. The number of halogens is 2. The molecule has 1 N–H and O–H groups in total. The summed E-state index contributed by atoms with van der Waals surface area (Å²) in [6, 6.07) is 4.01. The molecule has 1 heterocycles. The van der Waals surface area contributed by atoms with Crippen LogP contribution in [0.15, 0.2) is 18.2 Å². The summed E-state index contributed by atoms with van der Waals surface area (Å²) in [6.07, 6.45) is 6.04. The van der Waals surface area contributed by atoms with E-state index in [1.165, 1.54) is 18.6 Å². The van der Waals surface area contributed by atoms with Gasteiger partial charge in [-0.3, -0.25) is 0 Å². The fourth-order valence-electron chi connectivity index (χ4n) is 3.88. The van der Waals surface area contributed by atoms with Crippen LogP contribution in [0.5, 0.6) is 0 Å². The van der Waals surface area contributed by atoms with Crippen molar-refractivity contribution in [3.63, 3.8) is 0 Å². The van der Waals surface area contributed by atoms with Gasteiger partial charge in [0.1, 0.15) is 0 Å². The largest absolute Gasteiger partial charge is 0.388 e. The average Bonchev–Trinajstić information content (AvgIpc) is 2.50. The number of aliphatic hydroxyl groups is 1. The van der Waals surface area contributed by atoms with Gasteiger partial charge in [-0.15, -0.1) is 0 Å². The lowest BCUT2D eigenvalue weighted by Crippen LogP contribution is -2.42. The van der Waals surface area contributed by atoms with Crippen LogP contribution in [0.1, 0.15) is 56.6 Å². The summed E-state index contributed by atoms with van der Waals surface area (Å²) in [5.74, 6) is -1.88. The second-order valence-electron chi connectivity index (χ2n) is 6.43. The molecule has 1 aliphatic carbocycles. The van der Waals surface area contributed by atoms with E-state index in [1.54, 1.807) is 0 Å². The number of benzene rings is 1. The third-order valence-electron chi connectivity index (χ3n) is 5.04. The molecule has 1 saturated heterocycles. The van der Waals surface area contributed by atoms with Crippen LogP contribution in [0.2, 0.25) is 0 Å². The Morgan fingerprint density at radius 3 is 2.71 bits per heavy atom. The Hall–Kier alpha value is -1.00.